The molecule has 2 heteroatoms. The lowest BCUT2D eigenvalue weighted by Crippen LogP contribution is -2.25. The summed E-state index contributed by atoms with van der Waals surface area (Å²) >= 11 is 6.50. The Bertz CT molecular complexity index is 365. The lowest BCUT2D eigenvalue weighted by molar-refractivity contribution is 0.226. The lowest BCUT2D eigenvalue weighted by atomic mass is 9.77. The minimum absolute atomic E-state index is 0.389. The molecule has 1 nitrogen and oxygen atoms in total. The highest BCUT2D eigenvalue weighted by molar-refractivity contribution is 6.20. The monoisotopic (exact) mass is 294 g/mol. The van der Waals surface area contributed by atoms with Crippen LogP contribution in [0.4, 0.5) is 0 Å². The first-order valence-electron chi connectivity index (χ1n) is 8.11. The summed E-state index contributed by atoms with van der Waals surface area (Å²) in [6, 6.07) is 10.1. The number of halogens is 1. The molecule has 0 N–H and O–H groups in total. The molecule has 1 aromatic carbocycles. The van der Waals surface area contributed by atoms with E-state index in [1.165, 1.54) is 38.5 Å². The Morgan fingerprint density at radius 1 is 1.15 bits per heavy atom. The summed E-state index contributed by atoms with van der Waals surface area (Å²) in [5.74, 6) is 2.58. The van der Waals surface area contributed by atoms with Crippen molar-refractivity contribution in [1.82, 2.24) is 0 Å². The van der Waals surface area contributed by atoms with Gasteiger partial charge in [-0.2, -0.15) is 0 Å². The summed E-state index contributed by atoms with van der Waals surface area (Å²) in [5, 5.41) is 0.389. The molecule has 0 bridgehead atoms. The molecule has 3 unspecified atom stereocenters. The lowest BCUT2D eigenvalue weighted by Gasteiger charge is -2.33. The van der Waals surface area contributed by atoms with Crippen molar-refractivity contribution in [3.8, 4) is 5.75 Å². The Hall–Kier alpha value is -0.690. The topological polar surface area (TPSA) is 9.23 Å². The maximum atomic E-state index is 6.50. The van der Waals surface area contributed by atoms with Crippen LogP contribution in [-0.4, -0.2) is 12.0 Å². The fourth-order valence-electron chi connectivity index (χ4n) is 3.35. The molecule has 3 atom stereocenters. The van der Waals surface area contributed by atoms with Crippen LogP contribution in [0.1, 0.15) is 51.9 Å². The van der Waals surface area contributed by atoms with Crippen LogP contribution in [0.25, 0.3) is 0 Å². The largest absolute Gasteiger partial charge is 0.494 e. The molecule has 112 valence electrons. The Morgan fingerprint density at radius 2 is 1.95 bits per heavy atom. The van der Waals surface area contributed by atoms with E-state index in [1.807, 2.05) is 30.3 Å². The second kappa shape index (κ2) is 8.56. The van der Waals surface area contributed by atoms with Crippen molar-refractivity contribution in [2.45, 2.75) is 57.2 Å². The van der Waals surface area contributed by atoms with Gasteiger partial charge in [0.15, 0.2) is 0 Å². The van der Waals surface area contributed by atoms with Crippen LogP contribution in [-0.2, 0) is 0 Å². The molecular weight excluding hydrogens is 268 g/mol. The van der Waals surface area contributed by atoms with E-state index < -0.39 is 0 Å². The van der Waals surface area contributed by atoms with Crippen LogP contribution in [0.15, 0.2) is 30.3 Å². The van der Waals surface area contributed by atoms with E-state index in [2.05, 4.69) is 6.92 Å². The molecule has 20 heavy (non-hydrogen) atoms. The maximum Gasteiger partial charge on any atom is 0.119 e. The molecule has 1 aromatic rings. The fraction of sp³-hybridized carbons (Fsp3) is 0.667. The van der Waals surface area contributed by atoms with Crippen molar-refractivity contribution in [2.75, 3.05) is 6.61 Å². The second-order valence-corrected chi connectivity index (χ2v) is 6.61. The molecule has 0 spiro atoms. The Morgan fingerprint density at radius 3 is 2.70 bits per heavy atom. The maximum absolute atomic E-state index is 6.50. The molecule has 1 aliphatic rings. The highest BCUT2D eigenvalue weighted by Gasteiger charge is 2.28. The zero-order valence-electron chi connectivity index (χ0n) is 12.6. The number of rotatable bonds is 7. The van der Waals surface area contributed by atoms with Gasteiger partial charge in [-0.15, -0.1) is 11.6 Å². The van der Waals surface area contributed by atoms with Crippen molar-refractivity contribution < 1.29 is 4.74 Å². The van der Waals surface area contributed by atoms with Crippen LogP contribution in [0.3, 0.4) is 0 Å². The first-order chi connectivity index (χ1) is 9.79. The van der Waals surface area contributed by atoms with E-state index in [1.54, 1.807) is 0 Å². The normalized spacial score (nSPS) is 26.4. The molecule has 0 heterocycles. The standard InChI is InChI=1S/C18H27ClO/c1-2-7-15-11-12-18(19)16(14-15)8-6-13-20-17-9-4-3-5-10-17/h3-5,9-10,15-16,18H,2,6-8,11-14H2,1H3. The number of hydrogen-bond acceptors (Lipinski definition) is 1. The van der Waals surface area contributed by atoms with Gasteiger partial charge in [-0.25, -0.2) is 0 Å². The van der Waals surface area contributed by atoms with Gasteiger partial charge in [0.25, 0.3) is 0 Å². The molecule has 0 amide bonds. The van der Waals surface area contributed by atoms with Crippen molar-refractivity contribution in [3.63, 3.8) is 0 Å². The second-order valence-electron chi connectivity index (χ2n) is 6.05. The number of hydrogen-bond donors (Lipinski definition) is 0. The molecule has 0 aromatic heterocycles. The highest BCUT2D eigenvalue weighted by atomic mass is 35.5. The molecule has 1 fully saturated rings. The SMILES string of the molecule is CCCC1CCC(Cl)C(CCCOc2ccccc2)C1. The van der Waals surface area contributed by atoms with Gasteiger partial charge >= 0.3 is 0 Å². The van der Waals surface area contributed by atoms with Gasteiger partial charge in [0.1, 0.15) is 5.75 Å². The average Bonchev–Trinajstić information content (AvgIpc) is 2.48. The van der Waals surface area contributed by atoms with Gasteiger partial charge < -0.3 is 4.74 Å². The van der Waals surface area contributed by atoms with E-state index in [0.29, 0.717) is 11.3 Å². The van der Waals surface area contributed by atoms with E-state index >= 15 is 0 Å². The van der Waals surface area contributed by atoms with Gasteiger partial charge in [0.05, 0.1) is 6.61 Å². The average molecular weight is 295 g/mol. The van der Waals surface area contributed by atoms with Crippen LogP contribution < -0.4 is 4.74 Å². The van der Waals surface area contributed by atoms with Crippen LogP contribution in [0, 0.1) is 11.8 Å². The Kier molecular flexibility index (Phi) is 6.72. The summed E-state index contributed by atoms with van der Waals surface area (Å²) < 4.78 is 5.76. The predicted molar refractivity (Wildman–Crippen MR) is 86.6 cm³/mol. The zero-order chi connectivity index (χ0) is 14.2. The third kappa shape index (κ3) is 5.01. The van der Waals surface area contributed by atoms with Gasteiger partial charge in [-0.05, 0) is 56.1 Å². The van der Waals surface area contributed by atoms with Crippen LogP contribution in [0.5, 0.6) is 5.75 Å². The molecule has 2 rings (SSSR count). The minimum atomic E-state index is 0.389. The summed E-state index contributed by atoms with van der Waals surface area (Å²) in [6.45, 7) is 3.10. The van der Waals surface area contributed by atoms with Crippen molar-refractivity contribution >= 4 is 11.6 Å². The molecule has 1 saturated carbocycles. The first-order valence-corrected chi connectivity index (χ1v) is 8.55. The van der Waals surface area contributed by atoms with Gasteiger partial charge in [0, 0.05) is 5.38 Å². The van der Waals surface area contributed by atoms with E-state index in [9.17, 15) is 0 Å². The summed E-state index contributed by atoms with van der Waals surface area (Å²) in [7, 11) is 0. The summed E-state index contributed by atoms with van der Waals surface area (Å²) in [6.07, 6.45) is 8.87. The summed E-state index contributed by atoms with van der Waals surface area (Å²) in [4.78, 5) is 0. The molecule has 0 radical (unpaired) electrons. The smallest absolute Gasteiger partial charge is 0.119 e. The molecule has 0 aliphatic heterocycles. The quantitative estimate of drug-likeness (QED) is 0.465. The van der Waals surface area contributed by atoms with E-state index in [-0.39, 0.29) is 0 Å². The van der Waals surface area contributed by atoms with Crippen molar-refractivity contribution in [1.29, 1.82) is 0 Å². The van der Waals surface area contributed by atoms with E-state index in [0.717, 1.165) is 24.7 Å². The number of alkyl halides is 1. The number of para-hydroxylation sites is 1. The number of ether oxygens (including phenoxy) is 1. The number of benzene rings is 1. The third-order valence-corrected chi connectivity index (χ3v) is 5.00. The van der Waals surface area contributed by atoms with Crippen molar-refractivity contribution in [3.05, 3.63) is 30.3 Å². The third-order valence-electron chi connectivity index (χ3n) is 4.43. The minimum Gasteiger partial charge on any atom is -0.494 e. The van der Waals surface area contributed by atoms with Gasteiger partial charge in [-0.3, -0.25) is 0 Å². The van der Waals surface area contributed by atoms with Gasteiger partial charge in [-0.1, -0.05) is 38.0 Å². The van der Waals surface area contributed by atoms with Crippen LogP contribution in [0.2, 0.25) is 0 Å². The molecule has 0 saturated heterocycles. The predicted octanol–water partition coefficient (Wildman–Crippen LogP) is 5.67. The Balaban J connectivity index is 1.67. The Labute approximate surface area is 128 Å². The first kappa shape index (κ1) is 15.7. The van der Waals surface area contributed by atoms with Gasteiger partial charge in [0.2, 0.25) is 0 Å². The zero-order valence-corrected chi connectivity index (χ0v) is 13.3. The molecule has 1 aliphatic carbocycles. The van der Waals surface area contributed by atoms with E-state index in [4.69, 9.17) is 16.3 Å². The fourth-order valence-corrected chi connectivity index (χ4v) is 3.70. The molecular formula is C18H27ClO. The highest BCUT2D eigenvalue weighted by Crippen LogP contribution is 2.37. The van der Waals surface area contributed by atoms with Crippen molar-refractivity contribution in [2.24, 2.45) is 11.8 Å². The summed E-state index contributed by atoms with van der Waals surface area (Å²) in [5.41, 5.74) is 0. The van der Waals surface area contributed by atoms with Crippen LogP contribution >= 0.6 is 11.6 Å².